The number of benzene rings is 2. The summed E-state index contributed by atoms with van der Waals surface area (Å²) in [4.78, 5) is 12.7. The molecule has 28 heavy (non-hydrogen) atoms. The van der Waals surface area contributed by atoms with Gasteiger partial charge in [-0.1, -0.05) is 29.8 Å². The van der Waals surface area contributed by atoms with Crippen molar-refractivity contribution in [3.63, 3.8) is 0 Å². The van der Waals surface area contributed by atoms with Gasteiger partial charge in [-0.05, 0) is 36.6 Å². The van der Waals surface area contributed by atoms with Crippen LogP contribution in [0.4, 0.5) is 0 Å². The first kappa shape index (κ1) is 20.5. The molecule has 5 nitrogen and oxygen atoms in total. The van der Waals surface area contributed by atoms with E-state index < -0.39 is 0 Å². The molecule has 1 aliphatic rings. The highest BCUT2D eigenvalue weighted by atomic mass is 35.5. The molecule has 0 spiro atoms. The molecule has 0 aliphatic carbocycles. The molecule has 1 heterocycles. The van der Waals surface area contributed by atoms with E-state index in [0.29, 0.717) is 36.3 Å². The van der Waals surface area contributed by atoms with Gasteiger partial charge in [0.25, 0.3) is 0 Å². The molecule has 150 valence electrons. The number of nitrogens with one attached hydrogen (secondary N) is 1. The highest BCUT2D eigenvalue weighted by Crippen LogP contribution is 2.35. The summed E-state index contributed by atoms with van der Waals surface area (Å²) in [6.45, 7) is 1.90. The molecule has 2 aromatic rings. The van der Waals surface area contributed by atoms with Crippen molar-refractivity contribution in [2.24, 2.45) is 0 Å². The molecule has 1 saturated heterocycles. The number of rotatable bonds is 7. The maximum absolute atomic E-state index is 12.7. The Bertz CT molecular complexity index is 818. The number of hydrogen-bond acceptors (Lipinski definition) is 4. The van der Waals surface area contributed by atoms with Crippen LogP contribution in [0.15, 0.2) is 42.5 Å². The van der Waals surface area contributed by atoms with Crippen LogP contribution in [0.25, 0.3) is 0 Å². The Morgan fingerprint density at radius 3 is 2.61 bits per heavy atom. The predicted octanol–water partition coefficient (Wildman–Crippen LogP) is 3.76. The second kappa shape index (κ2) is 9.30. The molecular weight excluding hydrogens is 378 g/mol. The van der Waals surface area contributed by atoms with Crippen LogP contribution in [-0.2, 0) is 21.4 Å². The second-order valence-electron chi connectivity index (χ2n) is 7.03. The van der Waals surface area contributed by atoms with Gasteiger partial charge in [0.15, 0.2) is 0 Å². The van der Waals surface area contributed by atoms with Gasteiger partial charge in [-0.15, -0.1) is 0 Å². The lowest BCUT2D eigenvalue weighted by Crippen LogP contribution is -2.45. The van der Waals surface area contributed by atoms with Crippen molar-refractivity contribution < 1.29 is 19.0 Å². The molecule has 1 N–H and O–H groups in total. The number of ether oxygens (including phenoxy) is 3. The monoisotopic (exact) mass is 403 g/mol. The third kappa shape index (κ3) is 4.78. The third-order valence-corrected chi connectivity index (χ3v) is 5.59. The largest absolute Gasteiger partial charge is 0.497 e. The number of carbonyl (C=O) groups is 1. The zero-order valence-corrected chi connectivity index (χ0v) is 17.1. The SMILES string of the molecule is COc1ccc(CC(=O)NCC2(c3cccc(Cl)c3)CCOCC2)c(OC)c1. The lowest BCUT2D eigenvalue weighted by Gasteiger charge is -2.38. The van der Waals surface area contributed by atoms with Gasteiger partial charge in [0.2, 0.25) is 5.91 Å². The van der Waals surface area contributed by atoms with E-state index in [1.54, 1.807) is 20.3 Å². The van der Waals surface area contributed by atoms with Crippen molar-refractivity contribution in [2.45, 2.75) is 24.7 Å². The average molecular weight is 404 g/mol. The molecule has 0 radical (unpaired) electrons. The first-order valence-electron chi connectivity index (χ1n) is 9.38. The molecule has 2 aromatic carbocycles. The highest BCUT2D eigenvalue weighted by Gasteiger charge is 2.35. The third-order valence-electron chi connectivity index (χ3n) is 5.36. The molecule has 1 amide bonds. The smallest absolute Gasteiger partial charge is 0.224 e. The standard InChI is InChI=1S/C22H26ClNO4/c1-26-19-7-6-16(20(14-19)27-2)12-21(25)24-15-22(8-10-28-11-9-22)17-4-3-5-18(23)13-17/h3-7,13-14H,8-12,15H2,1-2H3,(H,24,25). The van der Waals surface area contributed by atoms with E-state index in [9.17, 15) is 4.79 Å². The Hall–Kier alpha value is -2.24. The summed E-state index contributed by atoms with van der Waals surface area (Å²) >= 11 is 6.21. The minimum atomic E-state index is -0.164. The van der Waals surface area contributed by atoms with Gasteiger partial charge in [0.05, 0.1) is 20.6 Å². The van der Waals surface area contributed by atoms with E-state index in [2.05, 4.69) is 11.4 Å². The predicted molar refractivity (Wildman–Crippen MR) is 109 cm³/mol. The fraction of sp³-hybridized carbons (Fsp3) is 0.409. The summed E-state index contributed by atoms with van der Waals surface area (Å²) in [5.74, 6) is 1.30. The van der Waals surface area contributed by atoms with E-state index in [0.717, 1.165) is 24.0 Å². The van der Waals surface area contributed by atoms with Crippen molar-refractivity contribution in [1.29, 1.82) is 0 Å². The van der Waals surface area contributed by atoms with Gasteiger partial charge in [0.1, 0.15) is 11.5 Å². The Kier molecular flexibility index (Phi) is 6.81. The lowest BCUT2D eigenvalue weighted by atomic mass is 9.74. The van der Waals surface area contributed by atoms with Crippen molar-refractivity contribution in [2.75, 3.05) is 34.0 Å². The molecule has 3 rings (SSSR count). The van der Waals surface area contributed by atoms with Crippen molar-refractivity contribution in [3.05, 3.63) is 58.6 Å². The Balaban J connectivity index is 1.71. The zero-order chi connectivity index (χ0) is 20.0. The Morgan fingerprint density at radius 2 is 1.93 bits per heavy atom. The normalized spacial score (nSPS) is 15.7. The van der Waals surface area contributed by atoms with Crippen LogP contribution in [0, 0.1) is 0 Å². The topological polar surface area (TPSA) is 56.8 Å². The van der Waals surface area contributed by atoms with Gasteiger partial charge in [-0.3, -0.25) is 4.79 Å². The number of halogens is 1. The van der Waals surface area contributed by atoms with Gasteiger partial charge in [-0.25, -0.2) is 0 Å². The van der Waals surface area contributed by atoms with Gasteiger partial charge in [-0.2, -0.15) is 0 Å². The molecule has 0 saturated carbocycles. The van der Waals surface area contributed by atoms with Crippen LogP contribution >= 0.6 is 11.6 Å². The fourth-order valence-electron chi connectivity index (χ4n) is 3.65. The summed E-state index contributed by atoms with van der Waals surface area (Å²) < 4.78 is 16.2. The molecule has 1 fully saturated rings. The van der Waals surface area contributed by atoms with E-state index in [4.69, 9.17) is 25.8 Å². The van der Waals surface area contributed by atoms with Gasteiger partial charge >= 0.3 is 0 Å². The van der Waals surface area contributed by atoms with Crippen LogP contribution < -0.4 is 14.8 Å². The Labute approximate surface area is 170 Å². The average Bonchev–Trinajstić information content (AvgIpc) is 2.73. The zero-order valence-electron chi connectivity index (χ0n) is 16.3. The quantitative estimate of drug-likeness (QED) is 0.764. The minimum Gasteiger partial charge on any atom is -0.497 e. The maximum Gasteiger partial charge on any atom is 0.224 e. The van der Waals surface area contributed by atoms with Crippen molar-refractivity contribution >= 4 is 17.5 Å². The van der Waals surface area contributed by atoms with Crippen LogP contribution in [0.5, 0.6) is 11.5 Å². The number of hydrogen-bond donors (Lipinski definition) is 1. The fourth-order valence-corrected chi connectivity index (χ4v) is 3.84. The molecular formula is C22H26ClNO4. The van der Waals surface area contributed by atoms with Crippen LogP contribution in [0.2, 0.25) is 5.02 Å². The first-order valence-corrected chi connectivity index (χ1v) is 9.75. The van der Waals surface area contributed by atoms with Crippen molar-refractivity contribution in [3.8, 4) is 11.5 Å². The maximum atomic E-state index is 12.7. The van der Waals surface area contributed by atoms with E-state index in [-0.39, 0.29) is 17.7 Å². The lowest BCUT2D eigenvalue weighted by molar-refractivity contribution is -0.121. The van der Waals surface area contributed by atoms with E-state index >= 15 is 0 Å². The van der Waals surface area contributed by atoms with Gasteiger partial charge < -0.3 is 19.5 Å². The summed E-state index contributed by atoms with van der Waals surface area (Å²) in [5, 5.41) is 3.82. The van der Waals surface area contributed by atoms with Crippen LogP contribution in [0.1, 0.15) is 24.0 Å². The molecule has 0 aromatic heterocycles. The number of carbonyl (C=O) groups excluding carboxylic acids is 1. The van der Waals surface area contributed by atoms with Crippen molar-refractivity contribution in [1.82, 2.24) is 5.32 Å². The van der Waals surface area contributed by atoms with E-state index in [1.807, 2.05) is 30.3 Å². The molecule has 0 bridgehead atoms. The summed E-state index contributed by atoms with van der Waals surface area (Å²) in [5.41, 5.74) is 1.80. The van der Waals surface area contributed by atoms with Crippen LogP contribution in [-0.4, -0.2) is 39.9 Å². The number of methoxy groups -OCH3 is 2. The molecule has 0 unspecified atom stereocenters. The molecule has 1 aliphatic heterocycles. The minimum absolute atomic E-state index is 0.0450. The Morgan fingerprint density at radius 1 is 1.14 bits per heavy atom. The summed E-state index contributed by atoms with van der Waals surface area (Å²) in [6.07, 6.45) is 1.94. The van der Waals surface area contributed by atoms with Crippen LogP contribution in [0.3, 0.4) is 0 Å². The number of amides is 1. The van der Waals surface area contributed by atoms with E-state index in [1.165, 1.54) is 0 Å². The second-order valence-corrected chi connectivity index (χ2v) is 7.47. The molecule has 0 atom stereocenters. The summed E-state index contributed by atoms with van der Waals surface area (Å²) in [6, 6.07) is 13.4. The van der Waals surface area contributed by atoms with Gasteiger partial charge in [0, 0.05) is 41.8 Å². The first-order chi connectivity index (χ1) is 13.6. The molecule has 6 heteroatoms. The summed E-state index contributed by atoms with van der Waals surface area (Å²) in [7, 11) is 3.19. The highest BCUT2D eigenvalue weighted by molar-refractivity contribution is 6.30.